The van der Waals surface area contributed by atoms with E-state index in [4.69, 9.17) is 9.72 Å². The molecular weight excluding hydrogens is 434 g/mol. The van der Waals surface area contributed by atoms with Crippen LogP contribution in [-0.4, -0.2) is 34.7 Å². The summed E-state index contributed by atoms with van der Waals surface area (Å²) in [5, 5.41) is 1.89. The van der Waals surface area contributed by atoms with Crippen molar-refractivity contribution in [1.82, 2.24) is 15.4 Å². The number of hydrogen-bond acceptors (Lipinski definition) is 5. The summed E-state index contributed by atoms with van der Waals surface area (Å²) in [6.07, 6.45) is 0. The molecule has 0 bridgehead atoms. The molecule has 1 unspecified atom stereocenters. The van der Waals surface area contributed by atoms with Gasteiger partial charge in [-0.05, 0) is 42.0 Å². The van der Waals surface area contributed by atoms with E-state index in [-0.39, 0.29) is 17.2 Å². The highest BCUT2D eigenvalue weighted by Gasteiger charge is 2.34. The molecule has 0 radical (unpaired) electrons. The van der Waals surface area contributed by atoms with Gasteiger partial charge in [-0.15, -0.1) is 11.8 Å². The van der Waals surface area contributed by atoms with Crippen LogP contribution in [-0.2, 0) is 4.79 Å². The third-order valence-electron chi connectivity index (χ3n) is 5.52. The van der Waals surface area contributed by atoms with Crippen molar-refractivity contribution in [3.63, 3.8) is 0 Å². The van der Waals surface area contributed by atoms with Crippen LogP contribution < -0.4 is 10.2 Å². The number of aromatic nitrogens is 1. The number of rotatable bonds is 5. The molecule has 7 heteroatoms. The maximum absolute atomic E-state index is 13.5. The minimum Gasteiger partial charge on any atom is -0.497 e. The van der Waals surface area contributed by atoms with Gasteiger partial charge in [-0.2, -0.15) is 0 Å². The summed E-state index contributed by atoms with van der Waals surface area (Å²) in [6.45, 7) is 0. The number of amides is 2. The number of benzene rings is 3. The average molecular weight is 456 g/mol. The Bertz CT molecular complexity index is 1330. The highest BCUT2D eigenvalue weighted by atomic mass is 32.2. The summed E-state index contributed by atoms with van der Waals surface area (Å²) in [5.74, 6) is 0.583. The van der Waals surface area contributed by atoms with E-state index < -0.39 is 0 Å². The lowest BCUT2D eigenvalue weighted by molar-refractivity contribution is -0.130. The van der Waals surface area contributed by atoms with Crippen molar-refractivity contribution in [2.75, 3.05) is 12.9 Å². The fourth-order valence-corrected chi connectivity index (χ4v) is 4.96. The van der Waals surface area contributed by atoms with Gasteiger partial charge in [0.1, 0.15) is 11.1 Å². The molecule has 3 aromatic carbocycles. The highest BCUT2D eigenvalue weighted by molar-refractivity contribution is 8.00. The molecule has 1 aliphatic heterocycles. The second-order valence-electron chi connectivity index (χ2n) is 7.58. The van der Waals surface area contributed by atoms with E-state index in [9.17, 15) is 9.59 Å². The van der Waals surface area contributed by atoms with Crippen LogP contribution in [0.15, 0.2) is 84.9 Å². The summed E-state index contributed by atoms with van der Waals surface area (Å²) < 4.78 is 5.24. The Morgan fingerprint density at radius 3 is 2.52 bits per heavy atom. The molecule has 2 amide bonds. The van der Waals surface area contributed by atoms with E-state index in [0.717, 1.165) is 22.3 Å². The maximum atomic E-state index is 13.5. The molecule has 1 aliphatic rings. The molecule has 1 fully saturated rings. The van der Waals surface area contributed by atoms with Crippen LogP contribution in [0.3, 0.4) is 0 Å². The van der Waals surface area contributed by atoms with Gasteiger partial charge in [0.15, 0.2) is 0 Å². The fourth-order valence-electron chi connectivity index (χ4n) is 3.85. The number of para-hydroxylation sites is 1. The van der Waals surface area contributed by atoms with E-state index in [1.54, 1.807) is 13.2 Å². The van der Waals surface area contributed by atoms with E-state index in [1.807, 2.05) is 78.9 Å². The number of carbonyl (C=O) groups is 2. The van der Waals surface area contributed by atoms with Crippen molar-refractivity contribution >= 4 is 34.5 Å². The van der Waals surface area contributed by atoms with Crippen molar-refractivity contribution in [2.45, 2.75) is 5.37 Å². The molecule has 6 nitrogen and oxygen atoms in total. The summed E-state index contributed by atoms with van der Waals surface area (Å²) in [4.78, 5) is 30.8. The molecule has 0 saturated carbocycles. The minimum absolute atomic E-state index is 0.129. The minimum atomic E-state index is -0.347. The molecule has 0 aliphatic carbocycles. The summed E-state index contributed by atoms with van der Waals surface area (Å²) in [5.41, 5.74) is 6.53. The van der Waals surface area contributed by atoms with Crippen molar-refractivity contribution in [2.24, 2.45) is 0 Å². The Balaban J connectivity index is 1.51. The monoisotopic (exact) mass is 455 g/mol. The van der Waals surface area contributed by atoms with E-state index in [2.05, 4.69) is 5.43 Å². The zero-order valence-electron chi connectivity index (χ0n) is 17.9. The quantitative estimate of drug-likeness (QED) is 0.467. The molecule has 33 heavy (non-hydrogen) atoms. The standard InChI is InChI=1S/C26H21N3O3S/c1-32-19-13-11-17(12-14-19)23-15-21(20-9-5-6-10-22(20)27-23)25(31)28-29-24(30)16-33-26(29)18-7-3-2-4-8-18/h2-15,26H,16H2,1H3,(H,28,31). The number of carbonyl (C=O) groups excluding carboxylic acids is 2. The Morgan fingerprint density at radius 2 is 1.76 bits per heavy atom. The largest absolute Gasteiger partial charge is 0.497 e. The Kier molecular flexibility index (Phi) is 5.71. The average Bonchev–Trinajstić information content (AvgIpc) is 3.23. The first kappa shape index (κ1) is 21.0. The predicted molar refractivity (Wildman–Crippen MR) is 130 cm³/mol. The third kappa shape index (κ3) is 4.15. The van der Waals surface area contributed by atoms with Crippen molar-refractivity contribution in [3.05, 3.63) is 96.1 Å². The third-order valence-corrected chi connectivity index (χ3v) is 6.73. The van der Waals surface area contributed by atoms with Gasteiger partial charge >= 0.3 is 0 Å². The van der Waals surface area contributed by atoms with Crippen LogP contribution in [0.25, 0.3) is 22.2 Å². The van der Waals surface area contributed by atoms with Crippen molar-refractivity contribution < 1.29 is 14.3 Å². The fraction of sp³-hybridized carbons (Fsp3) is 0.115. The number of hydrazine groups is 1. The van der Waals surface area contributed by atoms with Crippen LogP contribution in [0.5, 0.6) is 5.75 Å². The Labute approximate surface area is 195 Å². The molecule has 1 atom stereocenters. The second-order valence-corrected chi connectivity index (χ2v) is 8.65. The Hall–Kier alpha value is -3.84. The zero-order chi connectivity index (χ0) is 22.8. The van der Waals surface area contributed by atoms with Gasteiger partial charge in [-0.1, -0.05) is 48.5 Å². The van der Waals surface area contributed by atoms with E-state index in [0.29, 0.717) is 22.5 Å². The second kappa shape index (κ2) is 8.96. The van der Waals surface area contributed by atoms with Crippen LogP contribution in [0, 0.1) is 0 Å². The van der Waals surface area contributed by atoms with Gasteiger partial charge in [0.25, 0.3) is 11.8 Å². The SMILES string of the molecule is COc1ccc(-c2cc(C(=O)NN3C(=O)CSC3c3ccccc3)c3ccccc3n2)cc1. The molecule has 4 aromatic rings. The number of ether oxygens (including phenoxy) is 1. The number of nitrogens with one attached hydrogen (secondary N) is 1. The first-order valence-electron chi connectivity index (χ1n) is 10.5. The molecule has 1 aromatic heterocycles. The Morgan fingerprint density at radius 1 is 1.03 bits per heavy atom. The van der Waals surface area contributed by atoms with Crippen LogP contribution in [0.2, 0.25) is 0 Å². The van der Waals surface area contributed by atoms with E-state index >= 15 is 0 Å². The van der Waals surface area contributed by atoms with Gasteiger partial charge in [0, 0.05) is 10.9 Å². The molecule has 2 heterocycles. The van der Waals surface area contributed by atoms with Gasteiger partial charge in [-0.3, -0.25) is 15.0 Å². The van der Waals surface area contributed by atoms with Gasteiger partial charge in [-0.25, -0.2) is 9.99 Å². The molecular formula is C26H21N3O3S. The predicted octanol–water partition coefficient (Wildman–Crippen LogP) is 4.83. The molecule has 5 rings (SSSR count). The lowest BCUT2D eigenvalue weighted by atomic mass is 10.0. The van der Waals surface area contributed by atoms with Gasteiger partial charge in [0.2, 0.25) is 0 Å². The number of methoxy groups -OCH3 is 1. The lowest BCUT2D eigenvalue weighted by Crippen LogP contribution is -2.44. The van der Waals surface area contributed by atoms with Crippen LogP contribution in [0.1, 0.15) is 21.3 Å². The lowest BCUT2D eigenvalue weighted by Gasteiger charge is -2.25. The first-order valence-corrected chi connectivity index (χ1v) is 11.5. The van der Waals surface area contributed by atoms with Crippen molar-refractivity contribution in [3.8, 4) is 17.0 Å². The number of fused-ring (bicyclic) bond motifs is 1. The van der Waals surface area contributed by atoms with Gasteiger partial charge in [0.05, 0.1) is 29.6 Å². The van der Waals surface area contributed by atoms with Gasteiger partial charge < -0.3 is 4.74 Å². The maximum Gasteiger partial charge on any atom is 0.270 e. The van der Waals surface area contributed by atoms with E-state index in [1.165, 1.54) is 16.8 Å². The topological polar surface area (TPSA) is 71.5 Å². The number of pyridine rings is 1. The van der Waals surface area contributed by atoms with Crippen LogP contribution in [0.4, 0.5) is 0 Å². The zero-order valence-corrected chi connectivity index (χ0v) is 18.7. The number of nitrogens with zero attached hydrogens (tertiary/aromatic N) is 2. The normalized spacial score (nSPS) is 15.6. The highest BCUT2D eigenvalue weighted by Crippen LogP contribution is 2.37. The molecule has 0 spiro atoms. The molecule has 164 valence electrons. The molecule has 1 saturated heterocycles. The smallest absolute Gasteiger partial charge is 0.270 e. The van der Waals surface area contributed by atoms with Crippen LogP contribution >= 0.6 is 11.8 Å². The number of thioether (sulfide) groups is 1. The number of hydrogen-bond donors (Lipinski definition) is 1. The summed E-state index contributed by atoms with van der Waals surface area (Å²) in [7, 11) is 1.62. The molecule has 1 N–H and O–H groups in total. The first-order chi connectivity index (χ1) is 16.1. The van der Waals surface area contributed by atoms with Crippen molar-refractivity contribution in [1.29, 1.82) is 0 Å². The summed E-state index contributed by atoms with van der Waals surface area (Å²) in [6, 6.07) is 26.5. The summed E-state index contributed by atoms with van der Waals surface area (Å²) >= 11 is 1.49.